The van der Waals surface area contributed by atoms with Crippen LogP contribution in [-0.2, 0) is 0 Å². The van der Waals surface area contributed by atoms with Crippen molar-refractivity contribution in [3.63, 3.8) is 0 Å². The lowest BCUT2D eigenvalue weighted by Crippen LogP contribution is -1.92. The predicted molar refractivity (Wildman–Crippen MR) is 84.1 cm³/mol. The van der Waals surface area contributed by atoms with E-state index in [1.807, 2.05) is 48.7 Å². The van der Waals surface area contributed by atoms with Gasteiger partial charge < -0.3 is 0 Å². The molecule has 1 N–H and O–H groups in total. The first-order valence-corrected chi connectivity index (χ1v) is 6.52. The lowest BCUT2D eigenvalue weighted by Gasteiger charge is -2.04. The normalized spacial score (nSPS) is 11.1. The second kappa shape index (κ2) is 5.53. The summed E-state index contributed by atoms with van der Waals surface area (Å²) in [7, 11) is 0. The summed E-state index contributed by atoms with van der Waals surface area (Å²) in [6, 6.07) is 18.2. The minimum Gasteiger partial charge on any atom is -0.278 e. The number of nitrogens with zero attached hydrogens (tertiary/aromatic N) is 2. The Morgan fingerprint density at radius 2 is 1.85 bits per heavy atom. The number of benzene rings is 2. The van der Waals surface area contributed by atoms with Gasteiger partial charge in [0.25, 0.3) is 0 Å². The first-order valence-electron chi connectivity index (χ1n) is 6.52. The highest BCUT2D eigenvalue weighted by molar-refractivity contribution is 5.91. The standard InChI is InChI=1S/C17H15N3/c1-13-7-9-14(10-8-13)12-19-20-17-6-2-5-16-15(17)4-3-11-18-16/h2-12,20H,1H3/b19-12+. The number of anilines is 1. The number of aromatic nitrogens is 1. The first-order chi connectivity index (χ1) is 9.83. The van der Waals surface area contributed by atoms with Crippen molar-refractivity contribution in [1.82, 2.24) is 4.98 Å². The third-order valence-electron chi connectivity index (χ3n) is 3.12. The summed E-state index contributed by atoms with van der Waals surface area (Å²) >= 11 is 0. The molecule has 0 radical (unpaired) electrons. The van der Waals surface area contributed by atoms with Crippen LogP contribution in [0.3, 0.4) is 0 Å². The minimum atomic E-state index is 0.957. The maximum absolute atomic E-state index is 4.33. The number of hydrogen-bond donors (Lipinski definition) is 1. The molecular weight excluding hydrogens is 246 g/mol. The molecule has 98 valence electrons. The van der Waals surface area contributed by atoms with E-state index < -0.39 is 0 Å². The molecule has 3 heteroatoms. The highest BCUT2D eigenvalue weighted by atomic mass is 15.3. The van der Waals surface area contributed by atoms with Crippen molar-refractivity contribution < 1.29 is 0 Å². The fraction of sp³-hybridized carbons (Fsp3) is 0.0588. The number of pyridine rings is 1. The zero-order valence-electron chi connectivity index (χ0n) is 11.2. The van der Waals surface area contributed by atoms with Crippen LogP contribution in [0.15, 0.2) is 65.9 Å². The Morgan fingerprint density at radius 1 is 1.00 bits per heavy atom. The molecule has 1 aromatic heterocycles. The van der Waals surface area contributed by atoms with E-state index in [9.17, 15) is 0 Å². The van der Waals surface area contributed by atoms with E-state index in [1.165, 1.54) is 5.56 Å². The van der Waals surface area contributed by atoms with Gasteiger partial charge in [-0.2, -0.15) is 5.10 Å². The van der Waals surface area contributed by atoms with Crippen LogP contribution in [0.2, 0.25) is 0 Å². The van der Waals surface area contributed by atoms with Crippen LogP contribution in [0.5, 0.6) is 0 Å². The minimum absolute atomic E-state index is 0.957. The van der Waals surface area contributed by atoms with E-state index in [4.69, 9.17) is 0 Å². The topological polar surface area (TPSA) is 37.3 Å². The molecule has 0 bridgehead atoms. The van der Waals surface area contributed by atoms with Gasteiger partial charge in [-0.3, -0.25) is 10.4 Å². The van der Waals surface area contributed by atoms with E-state index in [-0.39, 0.29) is 0 Å². The monoisotopic (exact) mass is 261 g/mol. The number of rotatable bonds is 3. The second-order valence-electron chi connectivity index (χ2n) is 4.66. The molecule has 1 heterocycles. The number of hydrazone groups is 1. The summed E-state index contributed by atoms with van der Waals surface area (Å²) in [6.07, 6.45) is 3.61. The van der Waals surface area contributed by atoms with Crippen molar-refractivity contribution in [2.45, 2.75) is 6.92 Å². The zero-order valence-corrected chi connectivity index (χ0v) is 11.2. The fourth-order valence-electron chi connectivity index (χ4n) is 2.03. The average Bonchev–Trinajstić information content (AvgIpc) is 2.49. The van der Waals surface area contributed by atoms with Gasteiger partial charge in [0.05, 0.1) is 17.4 Å². The maximum Gasteiger partial charge on any atom is 0.0723 e. The summed E-state index contributed by atoms with van der Waals surface area (Å²) in [5.74, 6) is 0. The van der Waals surface area contributed by atoms with Crippen LogP contribution in [0, 0.1) is 6.92 Å². The lowest BCUT2D eigenvalue weighted by atomic mass is 10.2. The molecular formula is C17H15N3. The molecule has 3 nitrogen and oxygen atoms in total. The summed E-state index contributed by atoms with van der Waals surface area (Å²) in [5.41, 5.74) is 7.32. The number of hydrogen-bond acceptors (Lipinski definition) is 3. The molecule has 2 aromatic carbocycles. The molecule has 0 amide bonds. The second-order valence-corrected chi connectivity index (χ2v) is 4.66. The molecule has 3 rings (SSSR count). The van der Waals surface area contributed by atoms with Crippen LogP contribution in [0.4, 0.5) is 5.69 Å². The Bertz CT molecular complexity index is 740. The van der Waals surface area contributed by atoms with E-state index in [0.29, 0.717) is 0 Å². The van der Waals surface area contributed by atoms with Crippen molar-refractivity contribution >= 4 is 22.8 Å². The van der Waals surface area contributed by atoms with Gasteiger partial charge in [0, 0.05) is 11.6 Å². The van der Waals surface area contributed by atoms with Crippen LogP contribution < -0.4 is 5.43 Å². The maximum atomic E-state index is 4.33. The zero-order chi connectivity index (χ0) is 13.8. The lowest BCUT2D eigenvalue weighted by molar-refractivity contribution is 1.35. The molecule has 0 aliphatic carbocycles. The Balaban J connectivity index is 1.81. The Labute approximate surface area is 118 Å². The quantitative estimate of drug-likeness (QED) is 0.571. The smallest absolute Gasteiger partial charge is 0.0723 e. The van der Waals surface area contributed by atoms with Gasteiger partial charge in [-0.15, -0.1) is 0 Å². The molecule has 0 aliphatic rings. The molecule has 0 aliphatic heterocycles. The number of aryl methyl sites for hydroxylation is 1. The van der Waals surface area contributed by atoms with Gasteiger partial charge in [-0.25, -0.2) is 0 Å². The third kappa shape index (κ3) is 2.67. The van der Waals surface area contributed by atoms with E-state index in [0.717, 1.165) is 22.2 Å². The number of nitrogens with one attached hydrogen (secondary N) is 1. The van der Waals surface area contributed by atoms with Crippen LogP contribution in [-0.4, -0.2) is 11.2 Å². The fourth-order valence-corrected chi connectivity index (χ4v) is 2.03. The molecule has 0 atom stereocenters. The Morgan fingerprint density at radius 3 is 2.70 bits per heavy atom. The van der Waals surface area contributed by atoms with E-state index >= 15 is 0 Å². The van der Waals surface area contributed by atoms with Crippen molar-refractivity contribution in [3.05, 3.63) is 71.9 Å². The Kier molecular flexibility index (Phi) is 3.42. The first kappa shape index (κ1) is 12.4. The van der Waals surface area contributed by atoms with Gasteiger partial charge in [0.2, 0.25) is 0 Å². The average molecular weight is 261 g/mol. The molecule has 0 saturated heterocycles. The summed E-state index contributed by atoms with van der Waals surface area (Å²) < 4.78 is 0. The van der Waals surface area contributed by atoms with Crippen molar-refractivity contribution in [2.24, 2.45) is 5.10 Å². The van der Waals surface area contributed by atoms with Gasteiger partial charge >= 0.3 is 0 Å². The van der Waals surface area contributed by atoms with E-state index in [2.05, 4.69) is 34.6 Å². The highest BCUT2D eigenvalue weighted by Gasteiger charge is 1.98. The largest absolute Gasteiger partial charge is 0.278 e. The molecule has 0 fully saturated rings. The van der Waals surface area contributed by atoms with Crippen LogP contribution >= 0.6 is 0 Å². The SMILES string of the molecule is Cc1ccc(/C=N/Nc2cccc3ncccc23)cc1. The van der Waals surface area contributed by atoms with Crippen LogP contribution in [0.1, 0.15) is 11.1 Å². The van der Waals surface area contributed by atoms with Gasteiger partial charge in [-0.05, 0) is 36.8 Å². The molecule has 0 saturated carbocycles. The van der Waals surface area contributed by atoms with Crippen LogP contribution in [0.25, 0.3) is 10.9 Å². The molecule has 3 aromatic rings. The van der Waals surface area contributed by atoms with Crippen molar-refractivity contribution in [2.75, 3.05) is 5.43 Å². The van der Waals surface area contributed by atoms with Crippen molar-refractivity contribution in [3.8, 4) is 0 Å². The third-order valence-corrected chi connectivity index (χ3v) is 3.12. The molecule has 0 unspecified atom stereocenters. The van der Waals surface area contributed by atoms with E-state index in [1.54, 1.807) is 6.20 Å². The summed E-state index contributed by atoms with van der Waals surface area (Å²) in [5, 5.41) is 5.35. The predicted octanol–water partition coefficient (Wildman–Crippen LogP) is 3.99. The molecule has 0 spiro atoms. The number of fused-ring (bicyclic) bond motifs is 1. The van der Waals surface area contributed by atoms with Gasteiger partial charge in [-0.1, -0.05) is 35.9 Å². The summed E-state index contributed by atoms with van der Waals surface area (Å²) in [4.78, 5) is 4.33. The van der Waals surface area contributed by atoms with Crippen molar-refractivity contribution in [1.29, 1.82) is 0 Å². The summed E-state index contributed by atoms with van der Waals surface area (Å²) in [6.45, 7) is 2.07. The van der Waals surface area contributed by atoms with Gasteiger partial charge in [0.15, 0.2) is 0 Å². The highest BCUT2D eigenvalue weighted by Crippen LogP contribution is 2.21. The van der Waals surface area contributed by atoms with Gasteiger partial charge in [0.1, 0.15) is 0 Å². The Hall–Kier alpha value is -2.68. The molecule has 20 heavy (non-hydrogen) atoms.